The molecule has 1 rings (SSSR count). The normalized spacial score (nSPS) is 10.5. The maximum Gasteiger partial charge on any atom is 0.407 e. The van der Waals surface area contributed by atoms with Crippen LogP contribution in [0.4, 0.5) is 4.79 Å². The van der Waals surface area contributed by atoms with Crippen LogP contribution in [0.15, 0.2) is 17.2 Å². The first-order chi connectivity index (χ1) is 10.3. The number of nitrogens with one attached hydrogen (secondary N) is 2. The Morgan fingerprint density at radius 1 is 1.32 bits per heavy atom. The molecule has 1 aromatic heterocycles. The minimum absolute atomic E-state index is 0.231. The highest BCUT2D eigenvalue weighted by Gasteiger charge is 2.15. The summed E-state index contributed by atoms with van der Waals surface area (Å²) < 4.78 is 5.07. The highest BCUT2D eigenvalue weighted by molar-refractivity contribution is 7.14. The molecule has 0 aliphatic heterocycles. The minimum Gasteiger partial charge on any atom is -0.444 e. The quantitative estimate of drug-likeness (QED) is 0.362. The van der Waals surface area contributed by atoms with Gasteiger partial charge in [0.15, 0.2) is 0 Å². The fraction of sp³-hybridized carbons (Fsp3) is 0.538. The van der Waals surface area contributed by atoms with Crippen LogP contribution in [-0.4, -0.2) is 30.7 Å². The Balaban J connectivity index is 2.30. The third kappa shape index (κ3) is 6.96. The summed E-state index contributed by atoms with van der Waals surface area (Å²) in [6.07, 6.45) is -0.519. The number of thiophene rings is 1. The van der Waals surface area contributed by atoms with Crippen LogP contribution in [0.1, 0.15) is 35.3 Å². The fourth-order valence-electron chi connectivity index (χ4n) is 1.43. The molecule has 0 radical (unpaired) electrons. The van der Waals surface area contributed by atoms with Crippen molar-refractivity contribution in [3.63, 3.8) is 0 Å². The van der Waals surface area contributed by atoms with Gasteiger partial charge < -0.3 is 15.4 Å². The molecule has 2 N–H and O–H groups in total. The van der Waals surface area contributed by atoms with Crippen LogP contribution in [0.2, 0.25) is 0 Å². The van der Waals surface area contributed by atoms with E-state index in [1.807, 2.05) is 0 Å². The molecule has 0 aliphatic carbocycles. The van der Waals surface area contributed by atoms with Gasteiger partial charge >= 0.3 is 6.09 Å². The third-order valence-corrected chi connectivity index (χ3v) is 3.32. The van der Waals surface area contributed by atoms with Gasteiger partial charge in [-0.3, -0.25) is 4.79 Å². The van der Waals surface area contributed by atoms with E-state index in [2.05, 4.69) is 20.7 Å². The third-order valence-electron chi connectivity index (χ3n) is 2.25. The largest absolute Gasteiger partial charge is 0.444 e. The number of rotatable bonds is 6. The van der Waals surface area contributed by atoms with Gasteiger partial charge in [0, 0.05) is 22.9 Å². The molecule has 0 saturated heterocycles. The van der Waals surface area contributed by atoms with Gasteiger partial charge in [0.2, 0.25) is 0 Å². The van der Waals surface area contributed by atoms with E-state index in [0.717, 1.165) is 4.88 Å². The van der Waals surface area contributed by atoms with E-state index in [1.54, 1.807) is 32.9 Å². The molecule has 2 amide bonds. The van der Waals surface area contributed by atoms with Crippen molar-refractivity contribution >= 4 is 23.3 Å². The highest BCUT2D eigenvalue weighted by Crippen LogP contribution is 2.17. The van der Waals surface area contributed by atoms with E-state index in [1.165, 1.54) is 11.3 Å². The molecule has 0 unspecified atom stereocenters. The predicted octanol–water partition coefficient (Wildman–Crippen LogP) is 2.81. The molecule has 0 aromatic carbocycles. The first-order valence-corrected chi connectivity index (χ1v) is 7.48. The molecule has 0 spiro atoms. The lowest BCUT2D eigenvalue weighted by molar-refractivity contribution is 0.0526. The van der Waals surface area contributed by atoms with Crippen molar-refractivity contribution in [2.45, 2.75) is 32.9 Å². The first kappa shape index (κ1) is 17.8. The molecule has 0 saturated carbocycles. The molecule has 1 aromatic rings. The maximum atomic E-state index is 11.9. The summed E-state index contributed by atoms with van der Waals surface area (Å²) in [5, 5.41) is 8.67. The Morgan fingerprint density at radius 2 is 2.00 bits per heavy atom. The molecule has 8 nitrogen and oxygen atoms in total. The van der Waals surface area contributed by atoms with Gasteiger partial charge in [0.1, 0.15) is 5.60 Å². The summed E-state index contributed by atoms with van der Waals surface area (Å²) in [5.74, 6) is -0.233. The summed E-state index contributed by atoms with van der Waals surface area (Å²) in [4.78, 5) is 27.3. The Kier molecular flexibility index (Phi) is 6.68. The number of azide groups is 1. The smallest absolute Gasteiger partial charge is 0.407 e. The summed E-state index contributed by atoms with van der Waals surface area (Å²) in [5.41, 5.74) is 7.69. The van der Waals surface area contributed by atoms with E-state index < -0.39 is 11.7 Å². The average Bonchev–Trinajstić information content (AvgIpc) is 2.88. The topological polar surface area (TPSA) is 116 Å². The zero-order valence-electron chi connectivity index (χ0n) is 12.8. The number of carbonyl (C=O) groups is 2. The Bertz CT molecular complexity index is 572. The van der Waals surface area contributed by atoms with E-state index in [9.17, 15) is 9.59 Å². The predicted molar refractivity (Wildman–Crippen MR) is 83.7 cm³/mol. The number of hydrogen-bond acceptors (Lipinski definition) is 5. The Hall–Kier alpha value is -2.25. The van der Waals surface area contributed by atoms with Gasteiger partial charge in [-0.05, 0) is 38.4 Å². The van der Waals surface area contributed by atoms with E-state index in [0.29, 0.717) is 11.4 Å². The van der Waals surface area contributed by atoms with Crippen LogP contribution in [0, 0.1) is 0 Å². The number of amides is 2. The molecule has 0 aliphatic rings. The van der Waals surface area contributed by atoms with Gasteiger partial charge in [-0.2, -0.15) is 0 Å². The van der Waals surface area contributed by atoms with Gasteiger partial charge in [-0.1, -0.05) is 5.11 Å². The number of nitrogens with zero attached hydrogens (tertiary/aromatic N) is 3. The first-order valence-electron chi connectivity index (χ1n) is 6.66. The summed E-state index contributed by atoms with van der Waals surface area (Å²) >= 11 is 1.26. The van der Waals surface area contributed by atoms with E-state index in [-0.39, 0.29) is 19.0 Å². The number of carbonyl (C=O) groups excluding carboxylic acids is 2. The van der Waals surface area contributed by atoms with Crippen molar-refractivity contribution in [2.24, 2.45) is 5.11 Å². The maximum absolute atomic E-state index is 11.9. The van der Waals surface area contributed by atoms with Crippen LogP contribution < -0.4 is 10.6 Å². The van der Waals surface area contributed by atoms with Gasteiger partial charge in [-0.15, -0.1) is 11.3 Å². The van der Waals surface area contributed by atoms with Crippen molar-refractivity contribution in [2.75, 3.05) is 13.1 Å². The van der Waals surface area contributed by atoms with Gasteiger partial charge in [0.05, 0.1) is 11.4 Å². The standard InChI is InChI=1S/C13H19N5O3S/c1-13(2,3)21-12(20)16-7-6-15-11(19)10-5-4-9(22-10)8-17-18-14/h4-5H,6-8H2,1-3H3,(H,15,19)(H,16,20). The van der Waals surface area contributed by atoms with E-state index in [4.69, 9.17) is 10.3 Å². The zero-order chi connectivity index (χ0) is 16.6. The summed E-state index contributed by atoms with van der Waals surface area (Å²) in [6, 6.07) is 3.41. The molecular formula is C13H19N5O3S. The lowest BCUT2D eigenvalue weighted by Gasteiger charge is -2.19. The second-order valence-corrected chi connectivity index (χ2v) is 6.51. The molecule has 22 heavy (non-hydrogen) atoms. The SMILES string of the molecule is CC(C)(C)OC(=O)NCCNC(=O)c1ccc(CN=[N+]=[N-])s1. The van der Waals surface area contributed by atoms with Crippen LogP contribution >= 0.6 is 11.3 Å². The van der Waals surface area contributed by atoms with Crippen molar-refractivity contribution in [1.29, 1.82) is 0 Å². The Labute approximate surface area is 132 Å². The van der Waals surface area contributed by atoms with Gasteiger partial charge in [0.25, 0.3) is 5.91 Å². The fourth-order valence-corrected chi connectivity index (χ4v) is 2.27. The number of hydrogen-bond donors (Lipinski definition) is 2. The van der Waals surface area contributed by atoms with Crippen LogP contribution in [0.3, 0.4) is 0 Å². The second-order valence-electron chi connectivity index (χ2n) is 5.34. The molecule has 9 heteroatoms. The zero-order valence-corrected chi connectivity index (χ0v) is 13.6. The minimum atomic E-state index is -0.549. The van der Waals surface area contributed by atoms with E-state index >= 15 is 0 Å². The monoisotopic (exact) mass is 325 g/mol. The second kappa shape index (κ2) is 8.26. The van der Waals surface area contributed by atoms with Crippen molar-refractivity contribution < 1.29 is 14.3 Å². The van der Waals surface area contributed by atoms with Crippen LogP contribution in [-0.2, 0) is 11.3 Å². The van der Waals surface area contributed by atoms with Crippen molar-refractivity contribution in [3.8, 4) is 0 Å². The average molecular weight is 325 g/mol. The summed E-state index contributed by atoms with van der Waals surface area (Å²) in [6.45, 7) is 6.13. The van der Waals surface area contributed by atoms with Gasteiger partial charge in [-0.25, -0.2) is 4.79 Å². The molecule has 0 atom stereocenters. The van der Waals surface area contributed by atoms with Crippen LogP contribution in [0.5, 0.6) is 0 Å². The summed E-state index contributed by atoms with van der Waals surface area (Å²) in [7, 11) is 0. The van der Waals surface area contributed by atoms with Crippen molar-refractivity contribution in [1.82, 2.24) is 10.6 Å². The molecule has 0 bridgehead atoms. The van der Waals surface area contributed by atoms with Crippen LogP contribution in [0.25, 0.3) is 10.4 Å². The molecule has 120 valence electrons. The number of alkyl carbamates (subject to hydrolysis) is 1. The lowest BCUT2D eigenvalue weighted by atomic mass is 10.2. The lowest BCUT2D eigenvalue weighted by Crippen LogP contribution is -2.37. The number of ether oxygens (including phenoxy) is 1. The Morgan fingerprint density at radius 3 is 2.64 bits per heavy atom. The molecule has 1 heterocycles. The highest BCUT2D eigenvalue weighted by atomic mass is 32.1. The molecular weight excluding hydrogens is 306 g/mol. The molecule has 0 fully saturated rings. The van der Waals surface area contributed by atoms with Crippen molar-refractivity contribution in [3.05, 3.63) is 32.3 Å².